The van der Waals surface area contributed by atoms with Gasteiger partial charge in [-0.15, -0.1) is 0 Å². The molecule has 0 bridgehead atoms. The van der Waals surface area contributed by atoms with Crippen LogP contribution in [0.3, 0.4) is 0 Å². The Kier molecular flexibility index (Phi) is 4.22. The molecule has 3 amide bonds. The number of benzene rings is 1. The molecule has 0 radical (unpaired) electrons. The summed E-state index contributed by atoms with van der Waals surface area (Å²) in [5.74, 6) is -0.672. The van der Waals surface area contributed by atoms with E-state index >= 15 is 0 Å². The minimum absolute atomic E-state index is 0.157. The molecule has 2 aromatic rings. The van der Waals surface area contributed by atoms with Gasteiger partial charge >= 0.3 is 0 Å². The second kappa shape index (κ2) is 6.55. The first-order valence-corrected chi connectivity index (χ1v) is 9.10. The van der Waals surface area contributed by atoms with Gasteiger partial charge in [0.2, 0.25) is 17.7 Å². The predicted octanol–water partition coefficient (Wildman–Crippen LogP) is 1.47. The average Bonchev–Trinajstić information content (AvgIpc) is 3.32. The maximum atomic E-state index is 12.6. The van der Waals surface area contributed by atoms with Crippen molar-refractivity contribution < 1.29 is 14.4 Å². The number of rotatable bonds is 5. The van der Waals surface area contributed by atoms with Gasteiger partial charge in [-0.1, -0.05) is 25.0 Å². The zero-order valence-electron chi connectivity index (χ0n) is 14.6. The lowest BCUT2D eigenvalue weighted by Gasteiger charge is -2.20. The van der Waals surface area contributed by atoms with E-state index in [4.69, 9.17) is 0 Å². The number of hydrogen-bond acceptors (Lipinski definition) is 4. The smallest absolute Gasteiger partial charge is 0.240 e. The van der Waals surface area contributed by atoms with Gasteiger partial charge in [0.15, 0.2) is 0 Å². The summed E-state index contributed by atoms with van der Waals surface area (Å²) < 4.78 is 1.97. The van der Waals surface area contributed by atoms with Crippen LogP contribution in [0.5, 0.6) is 0 Å². The molecule has 1 saturated carbocycles. The molecule has 7 nitrogen and oxygen atoms in total. The highest BCUT2D eigenvalue weighted by Gasteiger charge is 2.52. The fourth-order valence-electron chi connectivity index (χ4n) is 4.17. The molecular weight excluding hydrogens is 332 g/mol. The Morgan fingerprint density at radius 1 is 1.19 bits per heavy atom. The predicted molar refractivity (Wildman–Crippen MR) is 95.0 cm³/mol. The number of carbonyl (C=O) groups is 3. The van der Waals surface area contributed by atoms with Crippen LogP contribution in [-0.2, 0) is 20.9 Å². The number of hydrogen-bond donors (Lipinski definition) is 1. The molecule has 1 aliphatic carbocycles. The Bertz CT molecular complexity index is 867. The molecule has 1 saturated heterocycles. The molecule has 0 atom stereocenters. The zero-order valence-corrected chi connectivity index (χ0v) is 14.6. The maximum Gasteiger partial charge on any atom is 0.240 e. The van der Waals surface area contributed by atoms with E-state index in [-0.39, 0.29) is 30.7 Å². The minimum atomic E-state index is -0.521. The van der Waals surface area contributed by atoms with E-state index in [2.05, 4.69) is 10.3 Å². The van der Waals surface area contributed by atoms with E-state index in [0.717, 1.165) is 41.6 Å². The second-order valence-corrected chi connectivity index (χ2v) is 7.23. The maximum absolute atomic E-state index is 12.6. The van der Waals surface area contributed by atoms with Crippen molar-refractivity contribution in [3.05, 3.63) is 30.6 Å². The van der Waals surface area contributed by atoms with Crippen LogP contribution in [0.25, 0.3) is 11.0 Å². The standard InChI is InChI=1S/C19H22N4O3/c24-16(12-23-17(25)11-19(18(23)26)7-3-4-8-19)20-9-10-22-13-21-14-5-1-2-6-15(14)22/h1-2,5-6,13H,3-4,7-12H2,(H,20,24). The third kappa shape index (κ3) is 2.87. The highest BCUT2D eigenvalue weighted by Crippen LogP contribution is 2.46. The van der Waals surface area contributed by atoms with Gasteiger partial charge < -0.3 is 9.88 Å². The molecule has 2 aliphatic rings. The van der Waals surface area contributed by atoms with Crippen LogP contribution in [0, 0.1) is 5.41 Å². The quantitative estimate of drug-likeness (QED) is 0.824. The van der Waals surface area contributed by atoms with Gasteiger partial charge in [0, 0.05) is 19.5 Å². The molecule has 1 aromatic carbocycles. The third-order valence-corrected chi connectivity index (χ3v) is 5.55. The Hall–Kier alpha value is -2.70. The number of likely N-dealkylation sites (tertiary alicyclic amines) is 1. The molecule has 0 unspecified atom stereocenters. The van der Waals surface area contributed by atoms with Crippen LogP contribution in [-0.4, -0.2) is 45.3 Å². The van der Waals surface area contributed by atoms with Crippen molar-refractivity contribution in [3.63, 3.8) is 0 Å². The summed E-state index contributed by atoms with van der Waals surface area (Å²) in [5.41, 5.74) is 1.40. The molecule has 26 heavy (non-hydrogen) atoms. The van der Waals surface area contributed by atoms with Crippen LogP contribution in [0.2, 0.25) is 0 Å². The Morgan fingerprint density at radius 2 is 1.96 bits per heavy atom. The van der Waals surface area contributed by atoms with E-state index in [0.29, 0.717) is 13.1 Å². The SMILES string of the molecule is O=C(CN1C(=O)CC2(CCCC2)C1=O)NCCn1cnc2ccccc21. The van der Waals surface area contributed by atoms with Crippen LogP contribution in [0.1, 0.15) is 32.1 Å². The number of fused-ring (bicyclic) bond motifs is 1. The third-order valence-electron chi connectivity index (χ3n) is 5.55. The largest absolute Gasteiger partial charge is 0.353 e. The van der Waals surface area contributed by atoms with E-state index in [1.54, 1.807) is 6.33 Å². The number of aromatic nitrogens is 2. The number of carbonyl (C=O) groups excluding carboxylic acids is 3. The number of imidazole rings is 1. The van der Waals surface area contributed by atoms with Crippen molar-refractivity contribution in [2.24, 2.45) is 5.41 Å². The van der Waals surface area contributed by atoms with E-state index in [1.807, 2.05) is 28.8 Å². The first kappa shape index (κ1) is 16.8. The van der Waals surface area contributed by atoms with E-state index in [9.17, 15) is 14.4 Å². The monoisotopic (exact) mass is 354 g/mol. The lowest BCUT2D eigenvalue weighted by molar-refractivity contribution is -0.144. The van der Waals surface area contributed by atoms with Crippen LogP contribution in [0.4, 0.5) is 0 Å². The number of nitrogens with one attached hydrogen (secondary N) is 1. The van der Waals surface area contributed by atoms with Gasteiger partial charge in [-0.25, -0.2) is 4.98 Å². The van der Waals surface area contributed by atoms with Crippen molar-refractivity contribution in [1.82, 2.24) is 19.8 Å². The number of nitrogens with zero attached hydrogens (tertiary/aromatic N) is 3. The van der Waals surface area contributed by atoms with Crippen molar-refractivity contribution >= 4 is 28.8 Å². The van der Waals surface area contributed by atoms with E-state index in [1.165, 1.54) is 0 Å². The van der Waals surface area contributed by atoms with Crippen molar-refractivity contribution in [1.29, 1.82) is 0 Å². The average molecular weight is 354 g/mol. The van der Waals surface area contributed by atoms with Crippen LogP contribution >= 0.6 is 0 Å². The summed E-state index contributed by atoms with van der Waals surface area (Å²) in [4.78, 5) is 42.5. The van der Waals surface area contributed by atoms with Crippen LogP contribution < -0.4 is 5.32 Å². The molecule has 4 rings (SSSR count). The summed E-state index contributed by atoms with van der Waals surface area (Å²) in [7, 11) is 0. The van der Waals surface area contributed by atoms with Gasteiger partial charge in [0.05, 0.1) is 22.8 Å². The molecule has 136 valence electrons. The topological polar surface area (TPSA) is 84.3 Å². The second-order valence-electron chi connectivity index (χ2n) is 7.23. The summed E-state index contributed by atoms with van der Waals surface area (Å²) in [6, 6.07) is 7.80. The highest BCUT2D eigenvalue weighted by molar-refractivity contribution is 6.08. The molecule has 2 fully saturated rings. The Labute approximate surface area is 151 Å². The lowest BCUT2D eigenvalue weighted by atomic mass is 9.84. The Morgan fingerprint density at radius 3 is 2.77 bits per heavy atom. The molecule has 7 heteroatoms. The Balaban J connectivity index is 1.32. The highest BCUT2D eigenvalue weighted by atomic mass is 16.2. The molecule has 1 N–H and O–H groups in total. The van der Waals surface area contributed by atoms with Gasteiger partial charge in [-0.2, -0.15) is 0 Å². The van der Waals surface area contributed by atoms with Crippen molar-refractivity contribution in [2.75, 3.05) is 13.1 Å². The molecular formula is C19H22N4O3. The van der Waals surface area contributed by atoms with E-state index < -0.39 is 5.41 Å². The number of para-hydroxylation sites is 2. The van der Waals surface area contributed by atoms with Crippen LogP contribution in [0.15, 0.2) is 30.6 Å². The lowest BCUT2D eigenvalue weighted by Crippen LogP contribution is -2.42. The van der Waals surface area contributed by atoms with Gasteiger partial charge in [-0.3, -0.25) is 19.3 Å². The molecule has 1 aromatic heterocycles. The van der Waals surface area contributed by atoms with Gasteiger partial charge in [0.1, 0.15) is 6.54 Å². The normalized spacial score (nSPS) is 19.0. The van der Waals surface area contributed by atoms with Gasteiger partial charge in [-0.05, 0) is 25.0 Å². The fraction of sp³-hybridized carbons (Fsp3) is 0.474. The molecule has 1 aliphatic heterocycles. The summed E-state index contributed by atoms with van der Waals surface area (Å²) in [5, 5.41) is 2.80. The number of amides is 3. The number of imide groups is 1. The van der Waals surface area contributed by atoms with Gasteiger partial charge in [0.25, 0.3) is 0 Å². The first-order chi connectivity index (χ1) is 12.6. The zero-order chi connectivity index (χ0) is 18.1. The molecule has 2 heterocycles. The fourth-order valence-corrected chi connectivity index (χ4v) is 4.17. The summed E-state index contributed by atoms with van der Waals surface area (Å²) >= 11 is 0. The summed E-state index contributed by atoms with van der Waals surface area (Å²) in [6.45, 7) is 0.822. The summed E-state index contributed by atoms with van der Waals surface area (Å²) in [6.07, 6.45) is 5.51. The minimum Gasteiger partial charge on any atom is -0.353 e. The van der Waals surface area contributed by atoms with Crippen molar-refractivity contribution in [3.8, 4) is 0 Å². The first-order valence-electron chi connectivity index (χ1n) is 9.10. The van der Waals surface area contributed by atoms with Crippen molar-refractivity contribution in [2.45, 2.75) is 38.6 Å². The molecule has 1 spiro atoms.